The topological polar surface area (TPSA) is 66.5 Å². The quantitative estimate of drug-likeness (QED) is 0.688. The van der Waals surface area contributed by atoms with E-state index in [1.165, 1.54) is 29.4 Å². The maximum absolute atomic E-state index is 13.0. The summed E-state index contributed by atoms with van der Waals surface area (Å²) in [6, 6.07) is 12.2. The lowest BCUT2D eigenvalue weighted by Gasteiger charge is -2.30. The molecule has 2 heterocycles. The Morgan fingerprint density at radius 2 is 1.79 bits per heavy atom. The molecule has 0 saturated carbocycles. The van der Waals surface area contributed by atoms with Gasteiger partial charge in [0.05, 0.1) is 0 Å². The zero-order valence-electron chi connectivity index (χ0n) is 17.2. The highest BCUT2D eigenvalue weighted by Crippen LogP contribution is 2.30. The molecule has 1 aromatic heterocycles. The van der Waals surface area contributed by atoms with Crippen molar-refractivity contribution in [2.45, 2.75) is 50.2 Å². The Bertz CT molecular complexity index is 912. The van der Waals surface area contributed by atoms with Gasteiger partial charge in [-0.2, -0.15) is 4.31 Å². The Morgan fingerprint density at radius 1 is 1.10 bits per heavy atom. The third-order valence-electron chi connectivity index (χ3n) is 5.51. The normalized spacial score (nSPS) is 16.1. The van der Waals surface area contributed by atoms with Gasteiger partial charge in [-0.05, 0) is 62.6 Å². The lowest BCUT2D eigenvalue weighted by atomic mass is 9.91. The van der Waals surface area contributed by atoms with E-state index in [0.29, 0.717) is 36.2 Å². The fourth-order valence-corrected chi connectivity index (χ4v) is 6.66. The number of piperidine rings is 1. The van der Waals surface area contributed by atoms with Gasteiger partial charge in [0.25, 0.3) is 10.0 Å². The summed E-state index contributed by atoms with van der Waals surface area (Å²) < 4.78 is 28.0. The van der Waals surface area contributed by atoms with Crippen LogP contribution in [0.25, 0.3) is 0 Å². The summed E-state index contributed by atoms with van der Waals surface area (Å²) in [6.07, 6.45) is 4.67. The van der Waals surface area contributed by atoms with Crippen LogP contribution in [0, 0.1) is 12.8 Å². The van der Waals surface area contributed by atoms with Crippen molar-refractivity contribution < 1.29 is 13.2 Å². The number of hydrogen-bond acceptors (Lipinski definition) is 4. The molecule has 0 spiro atoms. The molecule has 0 atom stereocenters. The second kappa shape index (κ2) is 9.87. The predicted octanol–water partition coefficient (Wildman–Crippen LogP) is 3.77. The average Bonchev–Trinajstić information content (AvgIpc) is 3.17. The highest BCUT2D eigenvalue weighted by atomic mass is 32.2. The SMILES string of the molecule is CC(=O)NCCc1ccc(S(=O)(=O)N2CCC(CCc3ccc(C)cc3)CC2)s1. The molecule has 1 saturated heterocycles. The number of carbonyl (C=O) groups excluding carboxylic acids is 1. The van der Waals surface area contributed by atoms with Crippen molar-refractivity contribution >= 4 is 27.3 Å². The molecule has 1 aromatic carbocycles. The minimum atomic E-state index is -3.41. The molecule has 29 heavy (non-hydrogen) atoms. The summed E-state index contributed by atoms with van der Waals surface area (Å²) in [5.41, 5.74) is 2.63. The summed E-state index contributed by atoms with van der Waals surface area (Å²) >= 11 is 1.31. The van der Waals surface area contributed by atoms with E-state index in [0.717, 1.165) is 30.6 Å². The highest BCUT2D eigenvalue weighted by Gasteiger charge is 2.30. The number of amides is 1. The zero-order chi connectivity index (χ0) is 20.9. The maximum Gasteiger partial charge on any atom is 0.252 e. The van der Waals surface area contributed by atoms with E-state index in [1.807, 2.05) is 6.07 Å². The summed E-state index contributed by atoms with van der Waals surface area (Å²) in [5.74, 6) is 0.513. The minimum Gasteiger partial charge on any atom is -0.356 e. The smallest absolute Gasteiger partial charge is 0.252 e. The third-order valence-corrected chi connectivity index (χ3v) is 9.02. The number of rotatable bonds is 8. The summed E-state index contributed by atoms with van der Waals surface area (Å²) in [7, 11) is -3.41. The number of nitrogens with zero attached hydrogens (tertiary/aromatic N) is 1. The molecule has 1 N–H and O–H groups in total. The number of nitrogens with one attached hydrogen (secondary N) is 1. The van der Waals surface area contributed by atoms with E-state index >= 15 is 0 Å². The first kappa shape index (κ1) is 22.0. The molecule has 1 aliphatic rings. The van der Waals surface area contributed by atoms with E-state index < -0.39 is 10.0 Å². The van der Waals surface area contributed by atoms with Crippen LogP contribution in [0.15, 0.2) is 40.6 Å². The van der Waals surface area contributed by atoms with Crippen molar-refractivity contribution in [1.29, 1.82) is 0 Å². The molecule has 0 aliphatic carbocycles. The fourth-order valence-electron chi connectivity index (χ4n) is 3.68. The molecule has 1 fully saturated rings. The highest BCUT2D eigenvalue weighted by molar-refractivity contribution is 7.91. The zero-order valence-corrected chi connectivity index (χ0v) is 18.8. The Kier molecular flexibility index (Phi) is 7.49. The molecule has 0 unspecified atom stereocenters. The van der Waals surface area contributed by atoms with Gasteiger partial charge in [0.1, 0.15) is 4.21 Å². The van der Waals surface area contributed by atoms with Crippen LogP contribution < -0.4 is 5.32 Å². The van der Waals surface area contributed by atoms with Gasteiger partial charge in [0, 0.05) is 31.4 Å². The molecule has 2 aromatic rings. The molecular weight excluding hydrogens is 404 g/mol. The molecule has 3 rings (SSSR count). The predicted molar refractivity (Wildman–Crippen MR) is 118 cm³/mol. The molecule has 158 valence electrons. The number of thiophene rings is 1. The van der Waals surface area contributed by atoms with Crippen LogP contribution in [-0.2, 0) is 27.7 Å². The van der Waals surface area contributed by atoms with Gasteiger partial charge in [-0.1, -0.05) is 29.8 Å². The van der Waals surface area contributed by atoms with Crippen molar-refractivity contribution in [2.75, 3.05) is 19.6 Å². The number of sulfonamides is 1. The van der Waals surface area contributed by atoms with Crippen LogP contribution in [0.4, 0.5) is 0 Å². The summed E-state index contributed by atoms with van der Waals surface area (Å²) in [4.78, 5) is 11.9. The molecule has 1 aliphatic heterocycles. The molecule has 0 radical (unpaired) electrons. The Hall–Kier alpha value is -1.70. The van der Waals surface area contributed by atoms with Crippen molar-refractivity contribution in [2.24, 2.45) is 5.92 Å². The number of aryl methyl sites for hydroxylation is 2. The number of hydrogen-bond donors (Lipinski definition) is 1. The van der Waals surface area contributed by atoms with Crippen molar-refractivity contribution in [3.05, 3.63) is 52.4 Å². The van der Waals surface area contributed by atoms with Gasteiger partial charge in [0.2, 0.25) is 5.91 Å². The fraction of sp³-hybridized carbons (Fsp3) is 0.500. The first-order chi connectivity index (χ1) is 13.8. The van der Waals surface area contributed by atoms with Crippen LogP contribution in [0.5, 0.6) is 0 Å². The number of benzene rings is 1. The van der Waals surface area contributed by atoms with Crippen molar-refractivity contribution in [3.63, 3.8) is 0 Å². The lowest BCUT2D eigenvalue weighted by Crippen LogP contribution is -2.38. The third kappa shape index (κ3) is 6.14. The molecular formula is C22H30N2O3S2. The van der Waals surface area contributed by atoms with Gasteiger partial charge in [-0.15, -0.1) is 11.3 Å². The lowest BCUT2D eigenvalue weighted by molar-refractivity contribution is -0.118. The van der Waals surface area contributed by atoms with E-state index in [2.05, 4.69) is 36.5 Å². The maximum atomic E-state index is 13.0. The van der Waals surface area contributed by atoms with Crippen molar-refractivity contribution in [3.8, 4) is 0 Å². The molecule has 7 heteroatoms. The van der Waals surface area contributed by atoms with Crippen LogP contribution in [-0.4, -0.2) is 38.3 Å². The largest absolute Gasteiger partial charge is 0.356 e. The van der Waals surface area contributed by atoms with E-state index in [1.54, 1.807) is 10.4 Å². The van der Waals surface area contributed by atoms with E-state index in [9.17, 15) is 13.2 Å². The van der Waals surface area contributed by atoms with Crippen LogP contribution in [0.1, 0.15) is 42.2 Å². The van der Waals surface area contributed by atoms with E-state index in [-0.39, 0.29) is 5.91 Å². The molecule has 1 amide bonds. The Morgan fingerprint density at radius 3 is 2.45 bits per heavy atom. The second-order valence-corrected chi connectivity index (χ2v) is 11.2. The van der Waals surface area contributed by atoms with Crippen LogP contribution >= 0.6 is 11.3 Å². The van der Waals surface area contributed by atoms with Gasteiger partial charge in [-0.3, -0.25) is 4.79 Å². The van der Waals surface area contributed by atoms with Crippen LogP contribution in [0.2, 0.25) is 0 Å². The first-order valence-corrected chi connectivity index (χ1v) is 12.5. The number of carbonyl (C=O) groups is 1. The van der Waals surface area contributed by atoms with Crippen LogP contribution in [0.3, 0.4) is 0 Å². The Labute approximate surface area is 178 Å². The van der Waals surface area contributed by atoms with Gasteiger partial charge < -0.3 is 5.32 Å². The average molecular weight is 435 g/mol. The van der Waals surface area contributed by atoms with Crippen molar-refractivity contribution in [1.82, 2.24) is 9.62 Å². The minimum absolute atomic E-state index is 0.0698. The first-order valence-electron chi connectivity index (χ1n) is 10.2. The molecule has 5 nitrogen and oxygen atoms in total. The van der Waals surface area contributed by atoms with Gasteiger partial charge in [-0.25, -0.2) is 8.42 Å². The molecule has 0 bridgehead atoms. The van der Waals surface area contributed by atoms with Gasteiger partial charge >= 0.3 is 0 Å². The standard InChI is InChI=1S/C22H30N2O3S2/c1-17-3-5-19(6-4-17)7-8-20-12-15-24(16-13-20)29(26,27)22-10-9-21(28-22)11-14-23-18(2)25/h3-6,9-10,20H,7-8,11-16H2,1-2H3,(H,23,25). The summed E-state index contributed by atoms with van der Waals surface area (Å²) in [6.45, 7) is 5.30. The van der Waals surface area contributed by atoms with E-state index in [4.69, 9.17) is 0 Å². The monoisotopic (exact) mass is 434 g/mol. The van der Waals surface area contributed by atoms with Gasteiger partial charge in [0.15, 0.2) is 0 Å². The Balaban J connectivity index is 1.49. The second-order valence-electron chi connectivity index (χ2n) is 7.83. The summed E-state index contributed by atoms with van der Waals surface area (Å²) in [5, 5.41) is 2.74.